The summed E-state index contributed by atoms with van der Waals surface area (Å²) in [6.45, 7) is 0. The molecule has 3 heteroatoms. The number of hydrogen-bond donors (Lipinski definition) is 0. The van der Waals surface area contributed by atoms with E-state index in [1.807, 2.05) is 6.07 Å². The number of furan rings is 2. The standard InChI is InChI=1S/C48H29NO2/c1-4-10-30(11-5-1)33-16-20-43-37(24-33)38-25-34(31-12-6-2-7-13-31)17-21-44(38)49(43)36-19-23-46-40(27-36)42-29-47-41(28-48(42)51-46)39-26-35(18-22-45(39)50-47)32-14-8-3-9-15-32/h1-29H. The van der Waals surface area contributed by atoms with Gasteiger partial charge in [-0.2, -0.15) is 0 Å². The number of aromatic nitrogens is 1. The average molecular weight is 652 g/mol. The molecule has 0 aliphatic rings. The van der Waals surface area contributed by atoms with Gasteiger partial charge in [-0.25, -0.2) is 0 Å². The van der Waals surface area contributed by atoms with Gasteiger partial charge >= 0.3 is 0 Å². The van der Waals surface area contributed by atoms with Crippen molar-refractivity contribution in [3.05, 3.63) is 176 Å². The predicted molar refractivity (Wildman–Crippen MR) is 212 cm³/mol. The van der Waals surface area contributed by atoms with E-state index in [2.05, 4.69) is 174 Å². The van der Waals surface area contributed by atoms with Gasteiger partial charge in [0.2, 0.25) is 0 Å². The van der Waals surface area contributed by atoms with E-state index in [4.69, 9.17) is 8.83 Å². The van der Waals surface area contributed by atoms with Crippen LogP contribution in [-0.4, -0.2) is 4.57 Å². The maximum absolute atomic E-state index is 6.52. The number of benzene rings is 8. The third-order valence-electron chi connectivity index (χ3n) is 10.4. The van der Waals surface area contributed by atoms with Crippen molar-refractivity contribution in [2.75, 3.05) is 0 Å². The minimum Gasteiger partial charge on any atom is -0.456 e. The van der Waals surface area contributed by atoms with Crippen LogP contribution in [0.5, 0.6) is 0 Å². The molecular formula is C48H29NO2. The Labute approximate surface area is 293 Å². The van der Waals surface area contributed by atoms with E-state index in [1.165, 1.54) is 38.6 Å². The fourth-order valence-electron chi connectivity index (χ4n) is 7.90. The summed E-state index contributed by atoms with van der Waals surface area (Å²) in [5, 5.41) is 6.69. The summed E-state index contributed by atoms with van der Waals surface area (Å²) in [6, 6.07) is 62.6. The number of fused-ring (bicyclic) bond motifs is 9. The molecule has 0 fully saturated rings. The molecule has 0 saturated heterocycles. The highest BCUT2D eigenvalue weighted by Gasteiger charge is 2.18. The fourth-order valence-corrected chi connectivity index (χ4v) is 7.90. The molecule has 0 radical (unpaired) electrons. The van der Waals surface area contributed by atoms with Crippen molar-refractivity contribution >= 4 is 65.7 Å². The summed E-state index contributed by atoms with van der Waals surface area (Å²) in [4.78, 5) is 0. The van der Waals surface area contributed by atoms with Crippen LogP contribution in [0.25, 0.3) is 105 Å². The van der Waals surface area contributed by atoms with Gasteiger partial charge in [-0.3, -0.25) is 0 Å². The van der Waals surface area contributed by atoms with Crippen LogP contribution in [-0.2, 0) is 0 Å². The third kappa shape index (κ3) is 4.38. The second-order valence-corrected chi connectivity index (χ2v) is 13.3. The second kappa shape index (κ2) is 10.8. The molecule has 0 unspecified atom stereocenters. The first kappa shape index (κ1) is 28.0. The topological polar surface area (TPSA) is 31.2 Å². The predicted octanol–water partition coefficient (Wildman–Crippen LogP) is 13.6. The summed E-state index contributed by atoms with van der Waals surface area (Å²) in [5.41, 5.74) is 14.0. The van der Waals surface area contributed by atoms with Gasteiger partial charge < -0.3 is 13.4 Å². The van der Waals surface area contributed by atoms with E-state index in [9.17, 15) is 0 Å². The van der Waals surface area contributed by atoms with Crippen molar-refractivity contribution in [3.63, 3.8) is 0 Å². The Morgan fingerprint density at radius 2 is 0.667 bits per heavy atom. The highest BCUT2D eigenvalue weighted by Crippen LogP contribution is 2.41. The summed E-state index contributed by atoms with van der Waals surface area (Å²) < 4.78 is 15.3. The van der Waals surface area contributed by atoms with E-state index in [-0.39, 0.29) is 0 Å². The molecule has 3 nitrogen and oxygen atoms in total. The molecule has 0 amide bonds. The number of hydrogen-bond acceptors (Lipinski definition) is 2. The molecule has 0 aliphatic heterocycles. The van der Waals surface area contributed by atoms with Crippen LogP contribution >= 0.6 is 0 Å². The van der Waals surface area contributed by atoms with Gasteiger partial charge in [-0.1, -0.05) is 109 Å². The van der Waals surface area contributed by atoms with Crippen LogP contribution in [0.15, 0.2) is 185 Å². The highest BCUT2D eigenvalue weighted by atomic mass is 16.3. The molecule has 238 valence electrons. The van der Waals surface area contributed by atoms with Crippen molar-refractivity contribution in [2.45, 2.75) is 0 Å². The van der Waals surface area contributed by atoms with Gasteiger partial charge in [0.1, 0.15) is 22.3 Å². The lowest BCUT2D eigenvalue weighted by atomic mass is 10.0. The lowest BCUT2D eigenvalue weighted by Crippen LogP contribution is -1.93. The van der Waals surface area contributed by atoms with E-state index in [1.54, 1.807) is 0 Å². The van der Waals surface area contributed by atoms with Gasteiger partial charge in [-0.05, 0) is 100 Å². The SMILES string of the molecule is c1ccc(-c2ccc3oc4cc5c(cc4c3c2)oc2ccc(-n3c4ccc(-c6ccccc6)cc4c4cc(-c6ccccc6)ccc43)cc25)cc1. The zero-order valence-corrected chi connectivity index (χ0v) is 27.5. The van der Waals surface area contributed by atoms with Gasteiger partial charge in [0.25, 0.3) is 0 Å². The Kier molecular flexibility index (Phi) is 5.96. The fraction of sp³-hybridized carbons (Fsp3) is 0. The summed E-state index contributed by atoms with van der Waals surface area (Å²) >= 11 is 0. The molecular weight excluding hydrogens is 623 g/mol. The van der Waals surface area contributed by atoms with Crippen LogP contribution in [0.3, 0.4) is 0 Å². The zero-order valence-electron chi connectivity index (χ0n) is 27.5. The first-order valence-corrected chi connectivity index (χ1v) is 17.3. The van der Waals surface area contributed by atoms with Crippen molar-refractivity contribution in [1.29, 1.82) is 0 Å². The molecule has 0 N–H and O–H groups in total. The van der Waals surface area contributed by atoms with Crippen LogP contribution < -0.4 is 0 Å². The van der Waals surface area contributed by atoms with Gasteiger partial charge in [0.05, 0.1) is 11.0 Å². The number of rotatable bonds is 4. The van der Waals surface area contributed by atoms with Crippen molar-refractivity contribution in [3.8, 4) is 39.1 Å². The largest absolute Gasteiger partial charge is 0.456 e. The van der Waals surface area contributed by atoms with E-state index >= 15 is 0 Å². The summed E-state index contributed by atoms with van der Waals surface area (Å²) in [7, 11) is 0. The molecule has 0 bridgehead atoms. The average Bonchev–Trinajstić information content (AvgIpc) is 3.85. The first-order chi connectivity index (χ1) is 25.2. The van der Waals surface area contributed by atoms with Crippen molar-refractivity contribution in [2.24, 2.45) is 0 Å². The molecule has 3 aromatic heterocycles. The van der Waals surface area contributed by atoms with Crippen molar-refractivity contribution < 1.29 is 8.83 Å². The Morgan fingerprint density at radius 1 is 0.275 bits per heavy atom. The molecule has 3 heterocycles. The van der Waals surface area contributed by atoms with Crippen LogP contribution in [0.1, 0.15) is 0 Å². The minimum absolute atomic E-state index is 0.852. The zero-order chi connectivity index (χ0) is 33.5. The smallest absolute Gasteiger partial charge is 0.136 e. The summed E-state index contributed by atoms with van der Waals surface area (Å²) in [6.07, 6.45) is 0. The quantitative estimate of drug-likeness (QED) is 0.190. The maximum atomic E-state index is 6.52. The second-order valence-electron chi connectivity index (χ2n) is 13.3. The molecule has 0 saturated carbocycles. The monoisotopic (exact) mass is 651 g/mol. The lowest BCUT2D eigenvalue weighted by Gasteiger charge is -2.09. The summed E-state index contributed by atoms with van der Waals surface area (Å²) in [5.74, 6) is 0. The molecule has 8 aromatic carbocycles. The molecule has 0 atom stereocenters. The first-order valence-electron chi connectivity index (χ1n) is 17.3. The molecule has 11 rings (SSSR count). The van der Waals surface area contributed by atoms with E-state index in [0.29, 0.717) is 0 Å². The number of nitrogens with zero attached hydrogens (tertiary/aromatic N) is 1. The maximum Gasteiger partial charge on any atom is 0.136 e. The molecule has 11 aromatic rings. The normalized spacial score (nSPS) is 11.9. The Hall–Kier alpha value is -6.84. The highest BCUT2D eigenvalue weighted by molar-refractivity contribution is 6.16. The van der Waals surface area contributed by atoms with E-state index < -0.39 is 0 Å². The Morgan fingerprint density at radius 3 is 1.16 bits per heavy atom. The van der Waals surface area contributed by atoms with Crippen LogP contribution in [0.4, 0.5) is 0 Å². The Balaban J connectivity index is 1.11. The lowest BCUT2D eigenvalue weighted by molar-refractivity contribution is 0.664. The Bertz CT molecular complexity index is 3010. The molecule has 0 spiro atoms. The molecule has 0 aliphatic carbocycles. The van der Waals surface area contributed by atoms with Crippen LogP contribution in [0.2, 0.25) is 0 Å². The van der Waals surface area contributed by atoms with E-state index in [0.717, 1.165) is 66.2 Å². The third-order valence-corrected chi connectivity index (χ3v) is 10.4. The minimum atomic E-state index is 0.852. The molecule has 51 heavy (non-hydrogen) atoms. The van der Waals surface area contributed by atoms with Crippen molar-refractivity contribution in [1.82, 2.24) is 4.57 Å². The van der Waals surface area contributed by atoms with Crippen LogP contribution in [0, 0.1) is 0 Å². The van der Waals surface area contributed by atoms with Gasteiger partial charge in [0.15, 0.2) is 0 Å². The van der Waals surface area contributed by atoms with Gasteiger partial charge in [0, 0.05) is 38.0 Å². The van der Waals surface area contributed by atoms with Gasteiger partial charge in [-0.15, -0.1) is 0 Å².